The molecular weight excluding hydrogens is 164 g/mol. The van der Waals surface area contributed by atoms with Gasteiger partial charge in [-0.05, 0) is 18.2 Å². The van der Waals surface area contributed by atoms with Gasteiger partial charge in [0.25, 0.3) is 0 Å². The van der Waals surface area contributed by atoms with Crippen LogP contribution in [0.5, 0.6) is 0 Å². The SMILES string of the molecule is O=C1C=CNC(c2ccccn2)C1. The summed E-state index contributed by atoms with van der Waals surface area (Å²) in [6, 6.07) is 5.75. The summed E-state index contributed by atoms with van der Waals surface area (Å²) in [5.74, 6) is 0.148. The van der Waals surface area contributed by atoms with Crippen molar-refractivity contribution >= 4 is 5.78 Å². The third kappa shape index (κ3) is 1.75. The lowest BCUT2D eigenvalue weighted by atomic mass is 10.0. The Bertz CT molecular complexity index is 332. The van der Waals surface area contributed by atoms with Crippen molar-refractivity contribution in [2.45, 2.75) is 12.5 Å². The van der Waals surface area contributed by atoms with Crippen LogP contribution in [0.1, 0.15) is 18.2 Å². The largest absolute Gasteiger partial charge is 0.382 e. The molecule has 1 unspecified atom stereocenters. The Balaban J connectivity index is 2.19. The van der Waals surface area contributed by atoms with Gasteiger partial charge >= 0.3 is 0 Å². The average molecular weight is 174 g/mol. The van der Waals surface area contributed by atoms with Crippen LogP contribution in [0.2, 0.25) is 0 Å². The van der Waals surface area contributed by atoms with E-state index in [0.29, 0.717) is 6.42 Å². The third-order valence-electron chi connectivity index (χ3n) is 2.02. The highest BCUT2D eigenvalue weighted by Crippen LogP contribution is 2.16. The predicted octanol–water partition coefficient (Wildman–Crippen LogP) is 1.20. The first-order valence-corrected chi connectivity index (χ1v) is 4.22. The number of hydrogen-bond acceptors (Lipinski definition) is 3. The number of pyridine rings is 1. The first kappa shape index (κ1) is 7.98. The summed E-state index contributed by atoms with van der Waals surface area (Å²) in [4.78, 5) is 15.3. The van der Waals surface area contributed by atoms with Crippen molar-refractivity contribution in [2.75, 3.05) is 0 Å². The first-order valence-electron chi connectivity index (χ1n) is 4.22. The second-order valence-corrected chi connectivity index (χ2v) is 2.98. The Kier molecular flexibility index (Phi) is 2.08. The van der Waals surface area contributed by atoms with Crippen LogP contribution < -0.4 is 5.32 Å². The third-order valence-corrected chi connectivity index (χ3v) is 2.02. The molecule has 1 aromatic heterocycles. The van der Waals surface area contributed by atoms with E-state index in [0.717, 1.165) is 5.69 Å². The van der Waals surface area contributed by atoms with Gasteiger partial charge in [0.15, 0.2) is 5.78 Å². The van der Waals surface area contributed by atoms with Gasteiger partial charge in [0.2, 0.25) is 0 Å². The van der Waals surface area contributed by atoms with E-state index >= 15 is 0 Å². The van der Waals surface area contributed by atoms with E-state index in [2.05, 4.69) is 10.3 Å². The molecule has 1 aromatic rings. The minimum atomic E-state index is 0.0405. The molecule has 3 heteroatoms. The number of ketones is 1. The maximum Gasteiger partial charge on any atom is 0.159 e. The summed E-state index contributed by atoms with van der Waals surface area (Å²) in [6.07, 6.45) is 5.47. The molecule has 3 nitrogen and oxygen atoms in total. The second kappa shape index (κ2) is 3.39. The highest BCUT2D eigenvalue weighted by atomic mass is 16.1. The van der Waals surface area contributed by atoms with Gasteiger partial charge in [0, 0.05) is 18.8 Å². The quantitative estimate of drug-likeness (QED) is 0.695. The summed E-state index contributed by atoms with van der Waals surface area (Å²) < 4.78 is 0. The molecule has 0 aromatic carbocycles. The van der Waals surface area contributed by atoms with Gasteiger partial charge in [-0.1, -0.05) is 6.07 Å². The lowest BCUT2D eigenvalue weighted by Gasteiger charge is -2.18. The zero-order chi connectivity index (χ0) is 9.10. The Morgan fingerprint density at radius 2 is 2.38 bits per heavy atom. The van der Waals surface area contributed by atoms with Crippen LogP contribution >= 0.6 is 0 Å². The number of hydrogen-bond donors (Lipinski definition) is 1. The van der Waals surface area contributed by atoms with Crippen LogP contribution in [0.4, 0.5) is 0 Å². The van der Waals surface area contributed by atoms with E-state index in [1.165, 1.54) is 0 Å². The molecule has 2 rings (SSSR count). The standard InChI is InChI=1S/C10H10N2O/c13-8-4-6-12-10(7-8)9-3-1-2-5-11-9/h1-6,10,12H,7H2. The van der Waals surface area contributed by atoms with Crippen molar-refractivity contribution in [3.05, 3.63) is 42.4 Å². The molecule has 13 heavy (non-hydrogen) atoms. The Hall–Kier alpha value is -1.64. The molecule has 1 atom stereocenters. The van der Waals surface area contributed by atoms with E-state index < -0.39 is 0 Å². The molecule has 1 N–H and O–H groups in total. The zero-order valence-electron chi connectivity index (χ0n) is 7.10. The van der Waals surface area contributed by atoms with Gasteiger partial charge < -0.3 is 5.32 Å². The van der Waals surface area contributed by atoms with Crippen LogP contribution in [0.15, 0.2) is 36.7 Å². The normalized spacial score (nSPS) is 21.2. The van der Waals surface area contributed by atoms with Crippen LogP contribution in [0.3, 0.4) is 0 Å². The van der Waals surface area contributed by atoms with Gasteiger partial charge in [-0.3, -0.25) is 9.78 Å². The minimum Gasteiger partial charge on any atom is -0.382 e. The van der Waals surface area contributed by atoms with E-state index in [4.69, 9.17) is 0 Å². The molecule has 1 aliphatic heterocycles. The molecule has 2 heterocycles. The van der Waals surface area contributed by atoms with Crippen LogP contribution in [-0.4, -0.2) is 10.8 Å². The summed E-state index contributed by atoms with van der Waals surface area (Å²) in [5, 5.41) is 3.10. The number of carbonyl (C=O) groups is 1. The van der Waals surface area contributed by atoms with Crippen molar-refractivity contribution in [3.63, 3.8) is 0 Å². The lowest BCUT2D eigenvalue weighted by Crippen LogP contribution is -2.23. The van der Waals surface area contributed by atoms with Crippen molar-refractivity contribution in [2.24, 2.45) is 0 Å². The molecule has 0 radical (unpaired) electrons. The molecule has 0 saturated carbocycles. The Labute approximate surface area is 76.5 Å². The lowest BCUT2D eigenvalue weighted by molar-refractivity contribution is -0.115. The van der Waals surface area contributed by atoms with E-state index in [9.17, 15) is 4.79 Å². The highest BCUT2D eigenvalue weighted by Gasteiger charge is 2.16. The fourth-order valence-corrected chi connectivity index (χ4v) is 1.36. The average Bonchev–Trinajstić information content (AvgIpc) is 2.19. The maximum absolute atomic E-state index is 11.1. The summed E-state index contributed by atoms with van der Waals surface area (Å²) in [5.41, 5.74) is 0.917. The Morgan fingerprint density at radius 3 is 3.08 bits per heavy atom. The van der Waals surface area contributed by atoms with Crippen LogP contribution in [0, 0.1) is 0 Å². The fourth-order valence-electron chi connectivity index (χ4n) is 1.36. The summed E-state index contributed by atoms with van der Waals surface area (Å²) in [7, 11) is 0. The Morgan fingerprint density at radius 1 is 1.46 bits per heavy atom. The first-order chi connectivity index (χ1) is 6.36. The monoisotopic (exact) mass is 174 g/mol. The number of nitrogens with one attached hydrogen (secondary N) is 1. The van der Waals surface area contributed by atoms with Crippen LogP contribution in [-0.2, 0) is 4.79 Å². The summed E-state index contributed by atoms with van der Waals surface area (Å²) >= 11 is 0. The fraction of sp³-hybridized carbons (Fsp3) is 0.200. The van der Waals surface area contributed by atoms with E-state index in [-0.39, 0.29) is 11.8 Å². The summed E-state index contributed by atoms with van der Waals surface area (Å²) in [6.45, 7) is 0. The highest BCUT2D eigenvalue weighted by molar-refractivity contribution is 5.90. The van der Waals surface area contributed by atoms with Gasteiger partial charge in [-0.25, -0.2) is 0 Å². The minimum absolute atomic E-state index is 0.0405. The number of nitrogens with zero attached hydrogens (tertiary/aromatic N) is 1. The van der Waals surface area contributed by atoms with Gasteiger partial charge in [-0.15, -0.1) is 0 Å². The van der Waals surface area contributed by atoms with Crippen molar-refractivity contribution in [3.8, 4) is 0 Å². The van der Waals surface area contributed by atoms with Gasteiger partial charge in [0.05, 0.1) is 11.7 Å². The molecule has 0 bridgehead atoms. The molecule has 1 aliphatic rings. The predicted molar refractivity (Wildman–Crippen MR) is 48.9 cm³/mol. The van der Waals surface area contributed by atoms with Gasteiger partial charge in [0.1, 0.15) is 0 Å². The molecular formula is C10H10N2O. The van der Waals surface area contributed by atoms with Gasteiger partial charge in [-0.2, -0.15) is 0 Å². The number of allylic oxidation sites excluding steroid dienone is 1. The molecule has 0 amide bonds. The number of rotatable bonds is 1. The molecule has 0 fully saturated rings. The smallest absolute Gasteiger partial charge is 0.159 e. The van der Waals surface area contributed by atoms with Crippen molar-refractivity contribution in [1.82, 2.24) is 10.3 Å². The molecule has 66 valence electrons. The number of aromatic nitrogens is 1. The molecule has 0 spiro atoms. The van der Waals surface area contributed by atoms with E-state index in [1.807, 2.05) is 18.2 Å². The topological polar surface area (TPSA) is 42.0 Å². The van der Waals surface area contributed by atoms with Crippen molar-refractivity contribution < 1.29 is 4.79 Å². The molecule has 0 aliphatic carbocycles. The number of carbonyl (C=O) groups excluding carboxylic acids is 1. The van der Waals surface area contributed by atoms with E-state index in [1.54, 1.807) is 18.5 Å². The zero-order valence-corrected chi connectivity index (χ0v) is 7.10. The van der Waals surface area contributed by atoms with Crippen molar-refractivity contribution in [1.29, 1.82) is 0 Å². The van der Waals surface area contributed by atoms with Crippen LogP contribution in [0.25, 0.3) is 0 Å². The second-order valence-electron chi connectivity index (χ2n) is 2.98. The molecule has 0 saturated heterocycles. The maximum atomic E-state index is 11.1.